The van der Waals surface area contributed by atoms with Crippen LogP contribution in [0.4, 0.5) is 10.1 Å². The first-order valence-electron chi connectivity index (χ1n) is 9.98. The Morgan fingerprint density at radius 3 is 2.48 bits per heavy atom. The summed E-state index contributed by atoms with van der Waals surface area (Å²) in [6, 6.07) is 7.62. The average molecular weight is 343 g/mol. The van der Waals surface area contributed by atoms with Crippen molar-refractivity contribution in [2.75, 3.05) is 11.4 Å². The van der Waals surface area contributed by atoms with Crippen LogP contribution in [0.25, 0.3) is 0 Å². The highest BCUT2D eigenvalue weighted by Crippen LogP contribution is 2.62. The van der Waals surface area contributed by atoms with Crippen molar-refractivity contribution >= 4 is 5.69 Å². The van der Waals surface area contributed by atoms with Gasteiger partial charge in [-0.1, -0.05) is 20.8 Å². The molecule has 3 aliphatic rings. The molecule has 0 radical (unpaired) electrons. The number of fused-ring (bicyclic) bond motifs is 1. The first-order valence-corrected chi connectivity index (χ1v) is 9.98. The van der Waals surface area contributed by atoms with Gasteiger partial charge in [-0.15, -0.1) is 0 Å². The third-order valence-corrected chi connectivity index (χ3v) is 7.08. The van der Waals surface area contributed by atoms with Crippen LogP contribution in [0.2, 0.25) is 0 Å². The second kappa shape index (κ2) is 6.12. The molecule has 3 heteroatoms. The number of nitrogens with zero attached hydrogens (tertiary/aromatic N) is 1. The van der Waals surface area contributed by atoms with Crippen LogP contribution in [-0.2, 0) is 0 Å². The summed E-state index contributed by atoms with van der Waals surface area (Å²) in [5, 5.41) is 0. The second-order valence-electron chi connectivity index (χ2n) is 8.70. The SMILES string of the molecule is CCC1=C(C2CC2C)[C@@]2(C)CC(CN)CCC2N1c1ccc(F)cc1. The van der Waals surface area contributed by atoms with E-state index in [1.807, 2.05) is 12.1 Å². The van der Waals surface area contributed by atoms with Crippen molar-refractivity contribution in [3.63, 3.8) is 0 Å². The molecule has 4 unspecified atom stereocenters. The van der Waals surface area contributed by atoms with Crippen LogP contribution in [0.5, 0.6) is 0 Å². The minimum absolute atomic E-state index is 0.157. The molecule has 0 bridgehead atoms. The van der Waals surface area contributed by atoms with Crippen molar-refractivity contribution in [1.29, 1.82) is 0 Å². The minimum atomic E-state index is -0.157. The fraction of sp³-hybridized carbons (Fsp3) is 0.636. The molecular weight excluding hydrogens is 311 g/mol. The lowest BCUT2D eigenvalue weighted by molar-refractivity contribution is 0.175. The largest absolute Gasteiger partial charge is 0.341 e. The van der Waals surface area contributed by atoms with Crippen molar-refractivity contribution < 1.29 is 4.39 Å². The number of hydrogen-bond acceptors (Lipinski definition) is 2. The van der Waals surface area contributed by atoms with Crippen LogP contribution in [0, 0.1) is 29.0 Å². The maximum absolute atomic E-state index is 13.5. The molecule has 1 aromatic carbocycles. The summed E-state index contributed by atoms with van der Waals surface area (Å²) in [6.45, 7) is 7.94. The van der Waals surface area contributed by atoms with Crippen LogP contribution in [0.3, 0.4) is 0 Å². The zero-order valence-electron chi connectivity index (χ0n) is 15.8. The third-order valence-electron chi connectivity index (χ3n) is 7.08. The first kappa shape index (κ1) is 17.1. The summed E-state index contributed by atoms with van der Waals surface area (Å²) in [5.41, 5.74) is 10.7. The highest BCUT2D eigenvalue weighted by atomic mass is 19.1. The molecule has 1 aromatic rings. The summed E-state index contributed by atoms with van der Waals surface area (Å²) in [4.78, 5) is 2.56. The van der Waals surface area contributed by atoms with Crippen LogP contribution in [-0.4, -0.2) is 12.6 Å². The molecule has 1 heterocycles. The van der Waals surface area contributed by atoms with Gasteiger partial charge in [0.05, 0.1) is 0 Å². The molecule has 0 saturated heterocycles. The second-order valence-corrected chi connectivity index (χ2v) is 8.70. The Kier molecular flexibility index (Phi) is 4.18. The molecular formula is C22H31FN2. The van der Waals surface area contributed by atoms with Crippen LogP contribution in [0.1, 0.15) is 52.9 Å². The van der Waals surface area contributed by atoms with E-state index in [-0.39, 0.29) is 11.2 Å². The van der Waals surface area contributed by atoms with E-state index in [1.165, 1.54) is 31.4 Å². The summed E-state index contributed by atoms with van der Waals surface area (Å²) < 4.78 is 13.5. The van der Waals surface area contributed by atoms with Gasteiger partial charge < -0.3 is 10.6 Å². The molecule has 0 amide bonds. The number of rotatable bonds is 4. The van der Waals surface area contributed by atoms with Gasteiger partial charge in [0.15, 0.2) is 0 Å². The molecule has 2 fully saturated rings. The molecule has 2 aliphatic carbocycles. The molecule has 25 heavy (non-hydrogen) atoms. The lowest BCUT2D eigenvalue weighted by atomic mass is 9.64. The highest BCUT2D eigenvalue weighted by molar-refractivity contribution is 5.60. The molecule has 5 atom stereocenters. The first-order chi connectivity index (χ1) is 12.0. The molecule has 136 valence electrons. The van der Waals surface area contributed by atoms with Gasteiger partial charge in [0.1, 0.15) is 5.82 Å². The Hall–Kier alpha value is -1.35. The quantitative estimate of drug-likeness (QED) is 0.825. The fourth-order valence-corrected chi connectivity index (χ4v) is 5.76. The number of anilines is 1. The van der Waals surface area contributed by atoms with Gasteiger partial charge in [-0.3, -0.25) is 0 Å². The van der Waals surface area contributed by atoms with Crippen LogP contribution >= 0.6 is 0 Å². The van der Waals surface area contributed by atoms with Crippen molar-refractivity contribution in [2.24, 2.45) is 28.9 Å². The van der Waals surface area contributed by atoms with E-state index in [1.54, 1.807) is 17.7 Å². The zero-order valence-corrected chi connectivity index (χ0v) is 15.8. The van der Waals surface area contributed by atoms with E-state index in [9.17, 15) is 4.39 Å². The Morgan fingerprint density at radius 2 is 1.92 bits per heavy atom. The minimum Gasteiger partial charge on any atom is -0.341 e. The highest BCUT2D eigenvalue weighted by Gasteiger charge is 2.56. The molecule has 0 spiro atoms. The Bertz CT molecular complexity index is 680. The van der Waals surface area contributed by atoms with Gasteiger partial charge in [-0.2, -0.15) is 0 Å². The summed E-state index contributed by atoms with van der Waals surface area (Å²) in [7, 11) is 0. The maximum Gasteiger partial charge on any atom is 0.123 e. The van der Waals surface area contributed by atoms with Gasteiger partial charge in [-0.25, -0.2) is 4.39 Å². The van der Waals surface area contributed by atoms with Crippen molar-refractivity contribution in [3.8, 4) is 0 Å². The van der Waals surface area contributed by atoms with Gasteiger partial charge in [0.2, 0.25) is 0 Å². The molecule has 1 aliphatic heterocycles. The molecule has 2 nitrogen and oxygen atoms in total. The summed E-state index contributed by atoms with van der Waals surface area (Å²) in [5.74, 6) is 2.03. The number of hydrogen-bond donors (Lipinski definition) is 1. The lowest BCUT2D eigenvalue weighted by Crippen LogP contribution is -2.46. The Morgan fingerprint density at radius 1 is 1.24 bits per heavy atom. The van der Waals surface area contributed by atoms with Gasteiger partial charge >= 0.3 is 0 Å². The predicted molar refractivity (Wildman–Crippen MR) is 102 cm³/mol. The van der Waals surface area contributed by atoms with E-state index in [0.29, 0.717) is 12.0 Å². The van der Waals surface area contributed by atoms with E-state index >= 15 is 0 Å². The predicted octanol–water partition coefficient (Wildman–Crippen LogP) is 5.10. The molecule has 4 rings (SSSR count). The third kappa shape index (κ3) is 2.63. The number of benzene rings is 1. The fourth-order valence-electron chi connectivity index (χ4n) is 5.76. The zero-order chi connectivity index (χ0) is 17.8. The van der Waals surface area contributed by atoms with E-state index < -0.39 is 0 Å². The number of nitrogens with two attached hydrogens (primary N) is 1. The van der Waals surface area contributed by atoms with E-state index in [2.05, 4.69) is 25.7 Å². The normalized spacial score (nSPS) is 37.4. The molecule has 2 N–H and O–H groups in total. The smallest absolute Gasteiger partial charge is 0.123 e. The standard InChI is InChI=1S/C22H31FN2/c1-4-19-21(18-11-14(18)2)22(3)12-15(13-24)5-10-20(22)25(19)17-8-6-16(23)7-9-17/h6-9,14-15,18,20H,4-5,10-13,24H2,1-3H3/t14?,15?,18?,20?,22-/m0/s1. The van der Waals surface area contributed by atoms with Crippen molar-refractivity contribution in [1.82, 2.24) is 0 Å². The van der Waals surface area contributed by atoms with E-state index in [4.69, 9.17) is 5.73 Å². The van der Waals surface area contributed by atoms with Crippen molar-refractivity contribution in [2.45, 2.75) is 58.9 Å². The van der Waals surface area contributed by atoms with Crippen LogP contribution < -0.4 is 10.6 Å². The summed E-state index contributed by atoms with van der Waals surface area (Å²) >= 11 is 0. The monoisotopic (exact) mass is 342 g/mol. The number of halogens is 1. The maximum atomic E-state index is 13.5. The Labute approximate surface area is 151 Å². The average Bonchev–Trinajstić information content (AvgIpc) is 3.25. The van der Waals surface area contributed by atoms with Gasteiger partial charge in [-0.05, 0) is 86.2 Å². The van der Waals surface area contributed by atoms with Gasteiger partial charge in [0.25, 0.3) is 0 Å². The van der Waals surface area contributed by atoms with E-state index in [0.717, 1.165) is 30.5 Å². The van der Waals surface area contributed by atoms with Crippen molar-refractivity contribution in [3.05, 3.63) is 41.4 Å². The molecule has 0 aromatic heterocycles. The lowest BCUT2D eigenvalue weighted by Gasteiger charge is -2.45. The molecule has 2 saturated carbocycles. The topological polar surface area (TPSA) is 29.3 Å². The summed E-state index contributed by atoms with van der Waals surface area (Å²) in [6.07, 6.45) is 5.97. The Balaban J connectivity index is 1.81. The number of allylic oxidation sites excluding steroid dienone is 1. The van der Waals surface area contributed by atoms with Crippen LogP contribution in [0.15, 0.2) is 35.5 Å². The van der Waals surface area contributed by atoms with Gasteiger partial charge in [0, 0.05) is 22.8 Å².